The minimum atomic E-state index is -0.126. The van der Waals surface area contributed by atoms with Crippen molar-refractivity contribution in [2.24, 2.45) is 56.7 Å². The van der Waals surface area contributed by atoms with E-state index >= 15 is 0 Å². The maximum absolute atomic E-state index is 11.9. The number of aliphatic hydroxyl groups excluding tert-OH is 1. The molecule has 10 atom stereocenters. The normalized spacial score (nSPS) is 52.5. The summed E-state index contributed by atoms with van der Waals surface area (Å²) in [5, 5.41) is 10.7. The number of hydrogen-bond acceptors (Lipinski definition) is 3. The summed E-state index contributed by atoms with van der Waals surface area (Å²) >= 11 is 0. The van der Waals surface area contributed by atoms with Crippen LogP contribution < -0.4 is 0 Å². The van der Waals surface area contributed by atoms with Crippen molar-refractivity contribution >= 4 is 5.97 Å². The molecular formula is C32H52O3. The molecule has 1 N–H and O–H groups in total. The lowest BCUT2D eigenvalue weighted by Crippen LogP contribution is -2.67. The number of aliphatic hydroxyl groups is 1. The average molecular weight is 485 g/mol. The first kappa shape index (κ1) is 25.8. The van der Waals surface area contributed by atoms with Gasteiger partial charge in [-0.05, 0) is 122 Å². The van der Waals surface area contributed by atoms with Gasteiger partial charge >= 0.3 is 5.97 Å². The van der Waals surface area contributed by atoms with E-state index in [-0.39, 0.29) is 22.9 Å². The number of fused-ring (bicyclic) bond motifs is 7. The predicted octanol–water partition coefficient (Wildman–Crippen LogP) is 7.57. The molecule has 0 bridgehead atoms. The third-order valence-corrected chi connectivity index (χ3v) is 13.8. The molecule has 0 unspecified atom stereocenters. The number of ether oxygens (including phenoxy) is 1. The Labute approximate surface area is 214 Å². The van der Waals surface area contributed by atoms with Crippen molar-refractivity contribution in [3.63, 3.8) is 0 Å². The third kappa shape index (κ3) is 3.28. The highest BCUT2D eigenvalue weighted by Crippen LogP contribution is 2.77. The number of hydrogen-bond donors (Lipinski definition) is 1. The van der Waals surface area contributed by atoms with Gasteiger partial charge in [0, 0.05) is 18.9 Å². The first-order valence-corrected chi connectivity index (χ1v) is 14.7. The summed E-state index contributed by atoms with van der Waals surface area (Å²) in [6.07, 6.45) is 12.2. The minimum absolute atomic E-state index is 0.0207. The lowest BCUT2D eigenvalue weighted by molar-refractivity contribution is -0.251. The highest BCUT2D eigenvalue weighted by Gasteiger charge is 2.71. The van der Waals surface area contributed by atoms with Gasteiger partial charge in [-0.1, -0.05) is 46.8 Å². The Morgan fingerprint density at radius 3 is 2.20 bits per heavy atom. The van der Waals surface area contributed by atoms with Gasteiger partial charge in [0.05, 0.1) is 0 Å². The molecule has 3 heteroatoms. The predicted molar refractivity (Wildman–Crippen MR) is 142 cm³/mol. The molecule has 198 valence electrons. The van der Waals surface area contributed by atoms with E-state index in [9.17, 15) is 9.90 Å². The molecular weight excluding hydrogens is 432 g/mol. The second kappa shape index (κ2) is 8.08. The Morgan fingerprint density at radius 2 is 1.57 bits per heavy atom. The molecule has 0 spiro atoms. The summed E-state index contributed by atoms with van der Waals surface area (Å²) in [5.74, 6) is 3.07. The third-order valence-electron chi connectivity index (χ3n) is 13.8. The summed E-state index contributed by atoms with van der Waals surface area (Å²) in [6.45, 7) is 21.3. The van der Waals surface area contributed by atoms with Gasteiger partial charge in [-0.3, -0.25) is 4.79 Å². The Bertz CT molecular complexity index is 891. The van der Waals surface area contributed by atoms with Gasteiger partial charge in [-0.25, -0.2) is 0 Å². The molecule has 0 aromatic carbocycles. The van der Waals surface area contributed by atoms with E-state index in [2.05, 4.69) is 48.1 Å². The highest BCUT2D eigenvalue weighted by atomic mass is 16.5. The first-order chi connectivity index (χ1) is 16.3. The highest BCUT2D eigenvalue weighted by molar-refractivity contribution is 5.66. The Balaban J connectivity index is 1.51. The number of allylic oxidation sites excluding steroid dienone is 1. The number of carbonyl (C=O) groups is 1. The number of rotatable bonds is 3. The smallest absolute Gasteiger partial charge is 0.302 e. The van der Waals surface area contributed by atoms with Gasteiger partial charge in [0.2, 0.25) is 0 Å². The Morgan fingerprint density at radius 1 is 0.857 bits per heavy atom. The fourth-order valence-corrected chi connectivity index (χ4v) is 11.9. The van der Waals surface area contributed by atoms with Crippen molar-refractivity contribution in [2.45, 2.75) is 119 Å². The molecule has 35 heavy (non-hydrogen) atoms. The van der Waals surface area contributed by atoms with Gasteiger partial charge < -0.3 is 9.84 Å². The van der Waals surface area contributed by atoms with Crippen LogP contribution in [-0.4, -0.2) is 23.8 Å². The molecule has 5 aliphatic rings. The van der Waals surface area contributed by atoms with Gasteiger partial charge in [0.15, 0.2) is 0 Å². The molecule has 5 fully saturated rings. The quantitative estimate of drug-likeness (QED) is 0.332. The molecule has 0 amide bonds. The van der Waals surface area contributed by atoms with Crippen LogP contribution in [0.15, 0.2) is 12.2 Å². The number of carbonyl (C=O) groups excluding carboxylic acids is 1. The minimum Gasteiger partial charge on any atom is -0.462 e. The van der Waals surface area contributed by atoms with Crippen LogP contribution in [0.2, 0.25) is 0 Å². The van der Waals surface area contributed by atoms with Crippen molar-refractivity contribution in [1.29, 1.82) is 0 Å². The SMILES string of the molecule is C=C(C)[C@@H]1CC[C@]2(CO)CC[C@]3(C)[C@H](CC[C@@H]4[C@@]5(C)CC[C@H](OC(C)=O)C(C)(C)[C@@H]5CC[C@]43C)[C@H]12. The van der Waals surface area contributed by atoms with E-state index < -0.39 is 0 Å². The van der Waals surface area contributed by atoms with Crippen molar-refractivity contribution in [2.75, 3.05) is 6.61 Å². The lowest BCUT2D eigenvalue weighted by Gasteiger charge is -2.73. The summed E-state index contributed by atoms with van der Waals surface area (Å²) < 4.78 is 5.90. The fourth-order valence-electron chi connectivity index (χ4n) is 11.9. The second-order valence-corrected chi connectivity index (χ2v) is 15.2. The van der Waals surface area contributed by atoms with E-state index in [1.165, 1.54) is 63.4 Å². The van der Waals surface area contributed by atoms with E-state index in [1.807, 2.05) is 0 Å². The van der Waals surface area contributed by atoms with E-state index in [1.54, 1.807) is 6.92 Å². The second-order valence-electron chi connectivity index (χ2n) is 15.2. The van der Waals surface area contributed by atoms with Crippen LogP contribution in [0, 0.1) is 56.7 Å². The average Bonchev–Trinajstić information content (AvgIpc) is 3.16. The molecule has 0 aromatic rings. The Kier molecular flexibility index (Phi) is 5.96. The molecule has 0 saturated heterocycles. The molecule has 0 aromatic heterocycles. The van der Waals surface area contributed by atoms with E-state index in [0.29, 0.717) is 46.5 Å². The van der Waals surface area contributed by atoms with Crippen LogP contribution in [0.25, 0.3) is 0 Å². The summed E-state index contributed by atoms with van der Waals surface area (Å²) in [5.41, 5.74) is 2.45. The van der Waals surface area contributed by atoms with Crippen LogP contribution in [0.5, 0.6) is 0 Å². The molecule has 5 saturated carbocycles. The van der Waals surface area contributed by atoms with Crippen LogP contribution in [-0.2, 0) is 9.53 Å². The van der Waals surface area contributed by atoms with Crippen molar-refractivity contribution in [1.82, 2.24) is 0 Å². The molecule has 5 rings (SSSR count). The van der Waals surface area contributed by atoms with Crippen LogP contribution in [0.4, 0.5) is 0 Å². The fraction of sp³-hybridized carbons (Fsp3) is 0.906. The van der Waals surface area contributed by atoms with E-state index in [0.717, 1.165) is 12.3 Å². The zero-order valence-electron chi connectivity index (χ0n) is 23.7. The maximum Gasteiger partial charge on any atom is 0.302 e. The molecule has 3 nitrogen and oxygen atoms in total. The van der Waals surface area contributed by atoms with Crippen molar-refractivity contribution < 1.29 is 14.6 Å². The Hall–Kier alpha value is -0.830. The zero-order chi connectivity index (χ0) is 25.6. The molecule has 0 heterocycles. The molecule has 5 aliphatic carbocycles. The van der Waals surface area contributed by atoms with Crippen LogP contribution in [0.3, 0.4) is 0 Å². The first-order valence-electron chi connectivity index (χ1n) is 14.7. The van der Waals surface area contributed by atoms with Gasteiger partial charge in [0.25, 0.3) is 0 Å². The molecule has 0 radical (unpaired) electrons. The van der Waals surface area contributed by atoms with Crippen LogP contribution >= 0.6 is 0 Å². The van der Waals surface area contributed by atoms with Gasteiger partial charge in [0.1, 0.15) is 6.10 Å². The maximum atomic E-state index is 11.9. The number of esters is 1. The summed E-state index contributed by atoms with van der Waals surface area (Å²) in [4.78, 5) is 11.9. The largest absolute Gasteiger partial charge is 0.462 e. The van der Waals surface area contributed by atoms with Crippen molar-refractivity contribution in [3.8, 4) is 0 Å². The van der Waals surface area contributed by atoms with Crippen LogP contribution in [0.1, 0.15) is 113 Å². The summed E-state index contributed by atoms with van der Waals surface area (Å²) in [6, 6.07) is 0. The monoisotopic (exact) mass is 484 g/mol. The lowest BCUT2D eigenvalue weighted by atomic mass is 9.32. The van der Waals surface area contributed by atoms with Gasteiger partial charge in [-0.2, -0.15) is 0 Å². The standard InChI is InChI=1S/C32H52O3/c1-20(2)22-11-16-32(19-33)18-17-30(7)23(27(22)32)9-10-25-29(6)14-13-26(35-21(3)34)28(4,5)24(29)12-15-31(25,30)8/h22-27,33H,1,9-19H2,2-8H3/t22-,23+,24-,25+,26-,27-,29-,30+,31+,32+/m0/s1. The molecule has 0 aliphatic heterocycles. The topological polar surface area (TPSA) is 46.5 Å². The summed E-state index contributed by atoms with van der Waals surface area (Å²) in [7, 11) is 0. The van der Waals surface area contributed by atoms with Crippen molar-refractivity contribution in [3.05, 3.63) is 12.2 Å². The van der Waals surface area contributed by atoms with Gasteiger partial charge in [-0.15, -0.1) is 0 Å². The van der Waals surface area contributed by atoms with E-state index in [4.69, 9.17) is 4.74 Å². The zero-order valence-corrected chi connectivity index (χ0v) is 23.7.